The van der Waals surface area contributed by atoms with Crippen LogP contribution < -0.4 is 5.32 Å². The monoisotopic (exact) mass is 331 g/mol. The Morgan fingerprint density at radius 1 is 1.22 bits per heavy atom. The third-order valence-electron chi connectivity index (χ3n) is 5.79. The van der Waals surface area contributed by atoms with Gasteiger partial charge < -0.3 is 5.32 Å². The first-order valence-electron chi connectivity index (χ1n) is 8.97. The van der Waals surface area contributed by atoms with Gasteiger partial charge in [0.1, 0.15) is 0 Å². The summed E-state index contributed by atoms with van der Waals surface area (Å²) in [6.45, 7) is 2.07. The third-order valence-corrected chi connectivity index (χ3v) is 6.63. The van der Waals surface area contributed by atoms with Gasteiger partial charge in [-0.25, -0.2) is 9.97 Å². The molecule has 1 heterocycles. The van der Waals surface area contributed by atoms with Crippen LogP contribution in [0.5, 0.6) is 0 Å². The van der Waals surface area contributed by atoms with Gasteiger partial charge in [0.2, 0.25) is 5.91 Å². The minimum atomic E-state index is 0.145. The third kappa shape index (κ3) is 3.25. The highest BCUT2D eigenvalue weighted by Gasteiger charge is 2.40. The number of nitrogens with zero attached hydrogens (tertiary/aromatic N) is 2. The first-order chi connectivity index (χ1) is 11.2. The number of aryl methyl sites for hydroxylation is 2. The van der Waals surface area contributed by atoms with Crippen LogP contribution in [0.15, 0.2) is 5.16 Å². The van der Waals surface area contributed by atoms with Gasteiger partial charge in [0.05, 0.1) is 5.75 Å². The molecule has 1 N–H and O–H groups in total. The fourth-order valence-electron chi connectivity index (χ4n) is 4.62. The first-order valence-corrected chi connectivity index (χ1v) is 9.96. The van der Waals surface area contributed by atoms with Crippen LogP contribution in [0.25, 0.3) is 0 Å². The molecule has 4 nitrogen and oxygen atoms in total. The molecular weight excluding hydrogens is 306 g/mol. The van der Waals surface area contributed by atoms with Crippen molar-refractivity contribution in [3.8, 4) is 0 Å². The maximum absolute atomic E-state index is 12.2. The summed E-state index contributed by atoms with van der Waals surface area (Å²) < 4.78 is 0. The zero-order chi connectivity index (χ0) is 15.8. The van der Waals surface area contributed by atoms with Crippen LogP contribution in [0.2, 0.25) is 0 Å². The molecule has 23 heavy (non-hydrogen) atoms. The highest BCUT2D eigenvalue weighted by Crippen LogP contribution is 2.44. The van der Waals surface area contributed by atoms with Crippen LogP contribution in [-0.2, 0) is 17.6 Å². The summed E-state index contributed by atoms with van der Waals surface area (Å²) in [6, 6.07) is 0.424. The Hall–Kier alpha value is -1.10. The van der Waals surface area contributed by atoms with E-state index in [1.54, 1.807) is 0 Å². The van der Waals surface area contributed by atoms with Crippen LogP contribution in [0, 0.1) is 18.8 Å². The lowest BCUT2D eigenvalue weighted by Gasteiger charge is -2.22. The summed E-state index contributed by atoms with van der Waals surface area (Å²) >= 11 is 1.48. The Morgan fingerprint density at radius 2 is 2.09 bits per heavy atom. The van der Waals surface area contributed by atoms with E-state index in [0.717, 1.165) is 35.5 Å². The van der Waals surface area contributed by atoms with Gasteiger partial charge in [-0.05, 0) is 69.3 Å². The average Bonchev–Trinajstić information content (AvgIpc) is 3.16. The molecule has 4 rings (SSSR count). The zero-order valence-electron chi connectivity index (χ0n) is 13.8. The van der Waals surface area contributed by atoms with Gasteiger partial charge in [-0.15, -0.1) is 0 Å². The minimum Gasteiger partial charge on any atom is -0.352 e. The van der Waals surface area contributed by atoms with Gasteiger partial charge in [0, 0.05) is 17.4 Å². The first kappa shape index (κ1) is 15.4. The molecule has 0 unspecified atom stereocenters. The second-order valence-corrected chi connectivity index (χ2v) is 8.30. The number of aromatic nitrogens is 2. The molecule has 2 saturated carbocycles. The number of thioether (sulfide) groups is 1. The summed E-state index contributed by atoms with van der Waals surface area (Å²) in [7, 11) is 0. The molecule has 3 aliphatic rings. The largest absolute Gasteiger partial charge is 0.352 e. The molecule has 1 aromatic heterocycles. The van der Waals surface area contributed by atoms with Gasteiger partial charge in [-0.3, -0.25) is 4.79 Å². The van der Waals surface area contributed by atoms with E-state index in [1.807, 2.05) is 0 Å². The van der Waals surface area contributed by atoms with Crippen molar-refractivity contribution in [2.45, 2.75) is 69.5 Å². The normalized spacial score (nSPS) is 28.7. The summed E-state index contributed by atoms with van der Waals surface area (Å²) in [5.74, 6) is 2.18. The van der Waals surface area contributed by atoms with Gasteiger partial charge in [0.25, 0.3) is 0 Å². The summed E-state index contributed by atoms with van der Waals surface area (Å²) in [4.78, 5) is 21.5. The molecule has 1 aromatic rings. The van der Waals surface area contributed by atoms with E-state index in [0.29, 0.717) is 11.8 Å². The SMILES string of the molecule is Cc1nc(SCC(=O)N[C@H]2C[C@@H]3CC[C@H]2C3)nc2c1CCCC2. The van der Waals surface area contributed by atoms with E-state index < -0.39 is 0 Å². The molecule has 0 spiro atoms. The molecule has 0 radical (unpaired) electrons. The van der Waals surface area contributed by atoms with E-state index in [9.17, 15) is 4.79 Å². The molecule has 3 aliphatic carbocycles. The number of hydrogen-bond donors (Lipinski definition) is 1. The van der Waals surface area contributed by atoms with Gasteiger partial charge in [-0.2, -0.15) is 0 Å². The number of amides is 1. The molecule has 1 amide bonds. The molecule has 124 valence electrons. The number of hydrogen-bond acceptors (Lipinski definition) is 4. The number of carbonyl (C=O) groups is 1. The molecule has 5 heteroatoms. The van der Waals surface area contributed by atoms with Gasteiger partial charge in [0.15, 0.2) is 5.16 Å². The number of fused-ring (bicyclic) bond motifs is 3. The molecule has 3 atom stereocenters. The van der Waals surface area contributed by atoms with E-state index >= 15 is 0 Å². The summed E-state index contributed by atoms with van der Waals surface area (Å²) in [6.07, 6.45) is 9.82. The van der Waals surface area contributed by atoms with Crippen LogP contribution in [-0.4, -0.2) is 27.7 Å². The molecular formula is C18H25N3OS. The van der Waals surface area contributed by atoms with Crippen LogP contribution in [0.3, 0.4) is 0 Å². The van der Waals surface area contributed by atoms with Gasteiger partial charge >= 0.3 is 0 Å². The van der Waals surface area contributed by atoms with Crippen molar-refractivity contribution < 1.29 is 4.79 Å². The van der Waals surface area contributed by atoms with Crippen molar-refractivity contribution in [3.05, 3.63) is 17.0 Å². The van der Waals surface area contributed by atoms with E-state index in [4.69, 9.17) is 0 Å². The molecule has 0 aromatic carbocycles. The fraction of sp³-hybridized carbons (Fsp3) is 0.722. The van der Waals surface area contributed by atoms with Crippen molar-refractivity contribution in [1.82, 2.24) is 15.3 Å². The number of nitrogens with one attached hydrogen (secondary N) is 1. The maximum Gasteiger partial charge on any atom is 0.230 e. The van der Waals surface area contributed by atoms with E-state index in [2.05, 4.69) is 22.2 Å². The molecule has 0 saturated heterocycles. The average molecular weight is 331 g/mol. The maximum atomic E-state index is 12.2. The Bertz CT molecular complexity index is 619. The lowest BCUT2D eigenvalue weighted by atomic mass is 9.95. The number of carbonyl (C=O) groups excluding carboxylic acids is 1. The minimum absolute atomic E-state index is 0.145. The topological polar surface area (TPSA) is 54.9 Å². The summed E-state index contributed by atoms with van der Waals surface area (Å²) in [5, 5.41) is 4.01. The molecule has 0 aliphatic heterocycles. The van der Waals surface area contributed by atoms with Crippen LogP contribution >= 0.6 is 11.8 Å². The Labute approximate surface area is 142 Å². The highest BCUT2D eigenvalue weighted by atomic mass is 32.2. The lowest BCUT2D eigenvalue weighted by molar-refractivity contribution is -0.119. The quantitative estimate of drug-likeness (QED) is 0.680. The predicted molar refractivity (Wildman–Crippen MR) is 91.5 cm³/mol. The highest BCUT2D eigenvalue weighted by molar-refractivity contribution is 7.99. The second-order valence-electron chi connectivity index (χ2n) is 7.36. The molecule has 2 bridgehead atoms. The fourth-order valence-corrected chi connectivity index (χ4v) is 5.34. The molecule has 2 fully saturated rings. The lowest BCUT2D eigenvalue weighted by Crippen LogP contribution is -2.39. The van der Waals surface area contributed by atoms with Crippen molar-refractivity contribution in [3.63, 3.8) is 0 Å². The zero-order valence-corrected chi connectivity index (χ0v) is 14.6. The Kier molecular flexibility index (Phi) is 4.31. The number of rotatable bonds is 4. The van der Waals surface area contributed by atoms with Crippen molar-refractivity contribution in [1.29, 1.82) is 0 Å². The van der Waals surface area contributed by atoms with Gasteiger partial charge in [-0.1, -0.05) is 18.2 Å². The van der Waals surface area contributed by atoms with Crippen molar-refractivity contribution in [2.24, 2.45) is 11.8 Å². The van der Waals surface area contributed by atoms with E-state index in [-0.39, 0.29) is 5.91 Å². The standard InChI is InChI=1S/C18H25N3OS/c1-11-14-4-2-3-5-15(14)21-18(19-11)23-10-17(22)20-16-9-12-6-7-13(16)8-12/h12-13,16H,2-10H2,1H3,(H,20,22)/t12-,13+,16+/m1/s1. The second kappa shape index (κ2) is 6.42. The van der Waals surface area contributed by atoms with Crippen molar-refractivity contribution >= 4 is 17.7 Å². The Balaban J connectivity index is 1.33. The van der Waals surface area contributed by atoms with Crippen LogP contribution in [0.4, 0.5) is 0 Å². The summed E-state index contributed by atoms with van der Waals surface area (Å²) in [5.41, 5.74) is 3.65. The van der Waals surface area contributed by atoms with Crippen molar-refractivity contribution in [2.75, 3.05) is 5.75 Å². The Morgan fingerprint density at radius 3 is 2.87 bits per heavy atom. The smallest absolute Gasteiger partial charge is 0.230 e. The van der Waals surface area contributed by atoms with E-state index in [1.165, 1.54) is 61.5 Å². The van der Waals surface area contributed by atoms with Crippen LogP contribution in [0.1, 0.15) is 55.5 Å². The predicted octanol–water partition coefficient (Wildman–Crippen LogP) is 3.06.